The van der Waals surface area contributed by atoms with Gasteiger partial charge in [-0.25, -0.2) is 17.1 Å². The molecule has 2 rings (SSSR count). The summed E-state index contributed by atoms with van der Waals surface area (Å²) >= 11 is 0. The number of aromatic nitrogens is 1. The van der Waals surface area contributed by atoms with E-state index in [4.69, 9.17) is 0 Å². The van der Waals surface area contributed by atoms with Gasteiger partial charge >= 0.3 is 0 Å². The molecule has 112 valence electrons. The molecule has 0 aliphatic rings. The quantitative estimate of drug-likeness (QED) is 0.919. The first kappa shape index (κ1) is 15.1. The van der Waals surface area contributed by atoms with Crippen molar-refractivity contribution < 1.29 is 22.1 Å². The summed E-state index contributed by atoms with van der Waals surface area (Å²) in [5.74, 6) is -1.56. The SMILES string of the molecule is CN(C)S(=O)(=O)c1ccc(F)c(C(=O)Nc2ccon2)c1. The van der Waals surface area contributed by atoms with Crippen LogP contribution in [0.25, 0.3) is 0 Å². The molecule has 21 heavy (non-hydrogen) atoms. The average molecular weight is 313 g/mol. The molecule has 0 bridgehead atoms. The number of benzene rings is 1. The Balaban J connectivity index is 2.38. The van der Waals surface area contributed by atoms with E-state index < -0.39 is 27.3 Å². The van der Waals surface area contributed by atoms with Gasteiger partial charge in [-0.2, -0.15) is 0 Å². The van der Waals surface area contributed by atoms with Crippen LogP contribution < -0.4 is 5.32 Å². The minimum Gasteiger partial charge on any atom is -0.363 e. The second-order valence-electron chi connectivity index (χ2n) is 4.27. The van der Waals surface area contributed by atoms with Crippen molar-refractivity contribution in [2.24, 2.45) is 0 Å². The van der Waals surface area contributed by atoms with Crippen molar-refractivity contribution >= 4 is 21.7 Å². The molecule has 0 fully saturated rings. The topological polar surface area (TPSA) is 92.5 Å². The number of amides is 1. The Kier molecular flexibility index (Phi) is 4.05. The first-order valence-electron chi connectivity index (χ1n) is 5.76. The first-order chi connectivity index (χ1) is 9.82. The van der Waals surface area contributed by atoms with Gasteiger partial charge in [-0.05, 0) is 18.2 Å². The van der Waals surface area contributed by atoms with Crippen molar-refractivity contribution in [3.8, 4) is 0 Å². The summed E-state index contributed by atoms with van der Waals surface area (Å²) in [4.78, 5) is 11.8. The Hall–Kier alpha value is -2.26. The predicted molar refractivity (Wildman–Crippen MR) is 71.7 cm³/mol. The largest absolute Gasteiger partial charge is 0.363 e. The number of hydrogen-bond donors (Lipinski definition) is 1. The van der Waals surface area contributed by atoms with E-state index in [-0.39, 0.29) is 10.7 Å². The normalized spacial score (nSPS) is 11.6. The van der Waals surface area contributed by atoms with E-state index in [0.717, 1.165) is 22.5 Å². The second-order valence-corrected chi connectivity index (χ2v) is 6.42. The van der Waals surface area contributed by atoms with E-state index in [1.807, 2.05) is 0 Å². The third-order valence-corrected chi connectivity index (χ3v) is 4.45. The standard InChI is InChI=1S/C12H12FN3O4S/c1-16(2)21(18,19)8-3-4-10(13)9(7-8)12(17)14-11-5-6-20-15-11/h3-7H,1-2H3,(H,14,15,17). The molecule has 0 aliphatic carbocycles. The maximum Gasteiger partial charge on any atom is 0.259 e. The molecule has 9 heteroatoms. The van der Waals surface area contributed by atoms with Gasteiger partial charge in [-0.15, -0.1) is 0 Å². The molecule has 0 aliphatic heterocycles. The zero-order valence-electron chi connectivity index (χ0n) is 11.2. The number of hydrogen-bond acceptors (Lipinski definition) is 5. The molecule has 1 N–H and O–H groups in total. The van der Waals surface area contributed by atoms with Crippen LogP contribution in [0.5, 0.6) is 0 Å². The summed E-state index contributed by atoms with van der Waals surface area (Å²) in [6.45, 7) is 0. The fourth-order valence-electron chi connectivity index (χ4n) is 1.51. The fourth-order valence-corrected chi connectivity index (χ4v) is 2.44. The lowest BCUT2D eigenvalue weighted by molar-refractivity contribution is 0.102. The van der Waals surface area contributed by atoms with Crippen molar-refractivity contribution in [3.63, 3.8) is 0 Å². The van der Waals surface area contributed by atoms with E-state index in [1.165, 1.54) is 26.4 Å². The maximum atomic E-state index is 13.7. The van der Waals surface area contributed by atoms with Crippen LogP contribution in [-0.2, 0) is 10.0 Å². The molecule has 2 aromatic rings. The van der Waals surface area contributed by atoms with Crippen LogP contribution in [0.1, 0.15) is 10.4 Å². The average Bonchev–Trinajstić information content (AvgIpc) is 2.91. The van der Waals surface area contributed by atoms with Gasteiger partial charge in [0.05, 0.1) is 10.5 Å². The van der Waals surface area contributed by atoms with Crippen LogP contribution in [0.2, 0.25) is 0 Å². The number of rotatable bonds is 4. The maximum absolute atomic E-state index is 13.7. The summed E-state index contributed by atoms with van der Waals surface area (Å²) in [6.07, 6.45) is 1.24. The summed E-state index contributed by atoms with van der Waals surface area (Å²) in [5.41, 5.74) is -0.402. The molecule has 0 saturated heterocycles. The molecule has 0 atom stereocenters. The lowest BCUT2D eigenvalue weighted by Gasteiger charge is -2.12. The van der Waals surface area contributed by atoms with Crippen LogP contribution in [0, 0.1) is 5.82 Å². The zero-order chi connectivity index (χ0) is 15.6. The van der Waals surface area contributed by atoms with Gasteiger partial charge < -0.3 is 9.84 Å². The van der Waals surface area contributed by atoms with E-state index in [2.05, 4.69) is 15.0 Å². The monoisotopic (exact) mass is 313 g/mol. The van der Waals surface area contributed by atoms with Gasteiger partial charge in [-0.3, -0.25) is 4.79 Å². The van der Waals surface area contributed by atoms with Gasteiger partial charge in [0.15, 0.2) is 5.82 Å². The van der Waals surface area contributed by atoms with E-state index in [9.17, 15) is 17.6 Å². The van der Waals surface area contributed by atoms with Gasteiger partial charge in [-0.1, -0.05) is 5.16 Å². The van der Waals surface area contributed by atoms with Crippen molar-refractivity contribution in [2.45, 2.75) is 4.90 Å². The number of carbonyl (C=O) groups excluding carboxylic acids is 1. The first-order valence-corrected chi connectivity index (χ1v) is 7.20. The minimum absolute atomic E-state index is 0.0975. The number of anilines is 1. The van der Waals surface area contributed by atoms with Crippen molar-refractivity contribution in [2.75, 3.05) is 19.4 Å². The minimum atomic E-state index is -3.76. The van der Waals surface area contributed by atoms with E-state index in [1.54, 1.807) is 0 Å². The summed E-state index contributed by atoms with van der Waals surface area (Å²) < 4.78 is 43.2. The third kappa shape index (κ3) is 3.09. The number of sulfonamides is 1. The van der Waals surface area contributed by atoms with Crippen LogP contribution in [0.4, 0.5) is 10.2 Å². The van der Waals surface area contributed by atoms with Crippen molar-refractivity contribution in [1.29, 1.82) is 0 Å². The van der Waals surface area contributed by atoms with Crippen LogP contribution in [0.3, 0.4) is 0 Å². The van der Waals surface area contributed by atoms with Gasteiger partial charge in [0.25, 0.3) is 5.91 Å². The molecule has 0 spiro atoms. The molecule has 0 saturated carbocycles. The van der Waals surface area contributed by atoms with Crippen molar-refractivity contribution in [1.82, 2.24) is 9.46 Å². The number of halogens is 1. The lowest BCUT2D eigenvalue weighted by atomic mass is 10.2. The molecular weight excluding hydrogens is 301 g/mol. The Morgan fingerprint density at radius 3 is 2.62 bits per heavy atom. The Morgan fingerprint density at radius 2 is 2.05 bits per heavy atom. The Labute approximate surface area is 120 Å². The number of nitrogens with one attached hydrogen (secondary N) is 1. The smallest absolute Gasteiger partial charge is 0.259 e. The summed E-state index contributed by atoms with van der Waals surface area (Å²) in [5, 5.41) is 5.75. The molecule has 1 heterocycles. The summed E-state index contributed by atoms with van der Waals surface area (Å²) in [6, 6.07) is 4.36. The van der Waals surface area contributed by atoms with Crippen LogP contribution in [-0.4, -0.2) is 37.9 Å². The molecule has 1 amide bonds. The molecule has 1 aromatic heterocycles. The fraction of sp³-hybridized carbons (Fsp3) is 0.167. The molecular formula is C12H12FN3O4S. The van der Waals surface area contributed by atoms with Crippen molar-refractivity contribution in [3.05, 3.63) is 41.9 Å². The highest BCUT2D eigenvalue weighted by molar-refractivity contribution is 7.89. The highest BCUT2D eigenvalue weighted by Gasteiger charge is 2.21. The lowest BCUT2D eigenvalue weighted by Crippen LogP contribution is -2.23. The van der Waals surface area contributed by atoms with Gasteiger partial charge in [0.2, 0.25) is 10.0 Å². The molecule has 1 aromatic carbocycles. The molecule has 0 radical (unpaired) electrons. The zero-order valence-corrected chi connectivity index (χ0v) is 12.0. The molecule has 0 unspecified atom stereocenters. The molecule has 7 nitrogen and oxygen atoms in total. The summed E-state index contributed by atoms with van der Waals surface area (Å²) in [7, 11) is -1.08. The highest BCUT2D eigenvalue weighted by Crippen LogP contribution is 2.18. The van der Waals surface area contributed by atoms with Crippen LogP contribution >= 0.6 is 0 Å². The number of carbonyl (C=O) groups is 1. The van der Waals surface area contributed by atoms with Gasteiger partial charge in [0.1, 0.15) is 12.1 Å². The predicted octanol–water partition coefficient (Wildman–Crippen LogP) is 1.32. The van der Waals surface area contributed by atoms with E-state index in [0.29, 0.717) is 0 Å². The number of nitrogens with zero attached hydrogens (tertiary/aromatic N) is 2. The second kappa shape index (κ2) is 5.62. The third-order valence-electron chi connectivity index (χ3n) is 2.64. The Bertz CT molecular complexity index is 757. The van der Waals surface area contributed by atoms with E-state index >= 15 is 0 Å². The van der Waals surface area contributed by atoms with Crippen LogP contribution in [0.15, 0.2) is 39.9 Å². The highest BCUT2D eigenvalue weighted by atomic mass is 32.2. The Morgan fingerprint density at radius 1 is 1.33 bits per heavy atom. The van der Waals surface area contributed by atoms with Gasteiger partial charge in [0, 0.05) is 20.2 Å².